The molecule has 4 fully saturated rings. The molecule has 4 atom stereocenters. The van der Waals surface area contributed by atoms with Gasteiger partial charge in [-0.1, -0.05) is 0 Å². The van der Waals surface area contributed by atoms with Crippen LogP contribution in [0.5, 0.6) is 0 Å². The predicted octanol–water partition coefficient (Wildman–Crippen LogP) is 3.90. The molecule has 0 N–H and O–H groups in total. The smallest absolute Gasteiger partial charge is 0.177 e. The molecule has 3 aromatic heterocycles. The van der Waals surface area contributed by atoms with Gasteiger partial charge < -0.3 is 24.0 Å². The van der Waals surface area contributed by atoms with Crippen molar-refractivity contribution >= 4 is 45.1 Å². The number of nitrogens with zero attached hydrogens (tertiary/aromatic N) is 7. The molecule has 0 aliphatic carbocycles. The number of hydrogen-bond acceptors (Lipinski definition) is 8. The fourth-order valence-electron chi connectivity index (χ4n) is 6.37. The van der Waals surface area contributed by atoms with E-state index in [1.807, 2.05) is 21.6 Å². The van der Waals surface area contributed by atoms with Crippen LogP contribution in [0.15, 0.2) is 18.3 Å². The Bertz CT molecular complexity index is 1250. The maximum absolute atomic E-state index is 5.97. The molecule has 0 aromatic carbocycles. The summed E-state index contributed by atoms with van der Waals surface area (Å²) in [6.45, 7) is 3.91. The Balaban J connectivity index is 1.34. The first-order valence-electron chi connectivity index (χ1n) is 13.6. The molecule has 11 heteroatoms. The lowest BCUT2D eigenvalue weighted by atomic mass is 10.1. The molecule has 0 amide bonds. The summed E-state index contributed by atoms with van der Waals surface area (Å²) in [7, 11) is 2.19. The molecule has 198 valence electrons. The van der Waals surface area contributed by atoms with Crippen LogP contribution in [-0.4, -0.2) is 82.8 Å². The minimum absolute atomic E-state index is 0.0103. The lowest BCUT2D eigenvalue weighted by Gasteiger charge is -2.37. The minimum atomic E-state index is -0.0103. The van der Waals surface area contributed by atoms with Crippen LogP contribution in [-0.2, 0) is 14.2 Å². The molecule has 4 aliphatic rings. The van der Waals surface area contributed by atoms with E-state index in [4.69, 9.17) is 29.4 Å². The van der Waals surface area contributed by atoms with Crippen molar-refractivity contribution in [2.45, 2.75) is 69.3 Å². The van der Waals surface area contributed by atoms with Crippen LogP contribution in [0.3, 0.4) is 0 Å². The fourth-order valence-corrected chi connectivity index (χ4v) is 7.11. The highest BCUT2D eigenvalue weighted by molar-refractivity contribution is 14.1. The highest BCUT2D eigenvalue weighted by atomic mass is 127. The first kappa shape index (κ1) is 24.1. The van der Waals surface area contributed by atoms with Crippen LogP contribution in [0.2, 0.25) is 0 Å². The summed E-state index contributed by atoms with van der Waals surface area (Å²) < 4.78 is 22.5. The van der Waals surface area contributed by atoms with E-state index < -0.39 is 0 Å². The third-order valence-electron chi connectivity index (χ3n) is 8.39. The zero-order valence-electron chi connectivity index (χ0n) is 21.3. The van der Waals surface area contributed by atoms with Gasteiger partial charge in [-0.25, -0.2) is 9.67 Å². The molecule has 0 spiro atoms. The molecule has 0 saturated carbocycles. The summed E-state index contributed by atoms with van der Waals surface area (Å²) in [5.41, 5.74) is 2.01. The van der Waals surface area contributed by atoms with Gasteiger partial charge in [0.1, 0.15) is 15.7 Å². The van der Waals surface area contributed by atoms with Gasteiger partial charge in [0.25, 0.3) is 0 Å². The van der Waals surface area contributed by atoms with Crippen molar-refractivity contribution in [3.05, 3.63) is 22.0 Å². The number of likely N-dealkylation sites (N-methyl/N-ethyl adjacent to an activating group) is 1. The number of morpholine rings is 1. The van der Waals surface area contributed by atoms with Crippen molar-refractivity contribution in [1.29, 1.82) is 0 Å². The average molecular weight is 620 g/mol. The number of hydrogen-bond donors (Lipinski definition) is 0. The van der Waals surface area contributed by atoms with Gasteiger partial charge in [-0.3, -0.25) is 0 Å². The van der Waals surface area contributed by atoms with E-state index in [-0.39, 0.29) is 6.23 Å². The number of ether oxygens (including phenoxy) is 3. The van der Waals surface area contributed by atoms with Gasteiger partial charge >= 0.3 is 0 Å². The van der Waals surface area contributed by atoms with Crippen LogP contribution in [0.4, 0.5) is 11.5 Å². The average Bonchev–Trinajstić information content (AvgIpc) is 3.63. The van der Waals surface area contributed by atoms with Crippen molar-refractivity contribution < 1.29 is 14.2 Å². The molecule has 4 aliphatic heterocycles. The van der Waals surface area contributed by atoms with Gasteiger partial charge in [0, 0.05) is 38.6 Å². The summed E-state index contributed by atoms with van der Waals surface area (Å²) in [5.74, 6) is 1.78. The maximum Gasteiger partial charge on any atom is 0.177 e. The molecule has 0 radical (unpaired) electrons. The van der Waals surface area contributed by atoms with Crippen LogP contribution in [0.1, 0.15) is 51.2 Å². The summed E-state index contributed by atoms with van der Waals surface area (Å²) in [6.07, 6.45) is 9.76. The molecule has 3 aromatic rings. The van der Waals surface area contributed by atoms with Gasteiger partial charge in [-0.2, -0.15) is 14.9 Å². The zero-order chi connectivity index (χ0) is 24.9. The van der Waals surface area contributed by atoms with Crippen molar-refractivity contribution in [1.82, 2.24) is 24.5 Å². The van der Waals surface area contributed by atoms with Gasteiger partial charge in [0.05, 0.1) is 49.0 Å². The second-order valence-corrected chi connectivity index (χ2v) is 11.7. The highest BCUT2D eigenvalue weighted by Crippen LogP contribution is 2.40. The van der Waals surface area contributed by atoms with Crippen LogP contribution < -0.4 is 9.80 Å². The largest absolute Gasteiger partial charge is 0.379 e. The van der Waals surface area contributed by atoms with Crippen molar-refractivity contribution in [3.63, 3.8) is 0 Å². The Morgan fingerprint density at radius 1 is 0.946 bits per heavy atom. The SMILES string of the molecule is CN(c1cc(N2C3CCC2COC3)nc2c1c(I)nn2-c1ccn(C2CCCCO2)n1)C1CCCOC1. The number of halogens is 1. The normalized spacial score (nSPS) is 28.2. The third-order valence-corrected chi connectivity index (χ3v) is 9.15. The zero-order valence-corrected chi connectivity index (χ0v) is 23.4. The molecule has 7 heterocycles. The molecule has 2 bridgehead atoms. The fraction of sp³-hybridized carbons (Fsp3) is 0.654. The first-order valence-corrected chi connectivity index (χ1v) is 14.7. The Hall–Kier alpha value is -1.96. The summed E-state index contributed by atoms with van der Waals surface area (Å²) >= 11 is 2.35. The predicted molar refractivity (Wildman–Crippen MR) is 149 cm³/mol. The number of rotatable bonds is 5. The molecule has 37 heavy (non-hydrogen) atoms. The molecule has 4 unspecified atom stereocenters. The van der Waals surface area contributed by atoms with E-state index in [0.29, 0.717) is 18.1 Å². The molecule has 4 saturated heterocycles. The lowest BCUT2D eigenvalue weighted by molar-refractivity contribution is -0.0395. The van der Waals surface area contributed by atoms with Gasteiger partial charge in [-0.15, -0.1) is 0 Å². The maximum atomic E-state index is 5.97. The second kappa shape index (κ2) is 9.97. The Morgan fingerprint density at radius 2 is 1.81 bits per heavy atom. The molecule has 7 rings (SSSR count). The monoisotopic (exact) mass is 619 g/mol. The van der Waals surface area contributed by atoms with E-state index >= 15 is 0 Å². The van der Waals surface area contributed by atoms with Crippen molar-refractivity contribution in [3.8, 4) is 5.82 Å². The molecular formula is C26H34IN7O3. The van der Waals surface area contributed by atoms with Gasteiger partial charge in [0.15, 0.2) is 11.5 Å². The van der Waals surface area contributed by atoms with Crippen LogP contribution in [0.25, 0.3) is 16.9 Å². The van der Waals surface area contributed by atoms with Gasteiger partial charge in [0.2, 0.25) is 0 Å². The standard InChI is InChI=1S/C26H34IN7O3/c1-31(17-5-4-11-35-14-17)20-13-22(33-18-7-8-19(33)16-36-15-18)28-26-24(20)25(27)30-34(26)21-9-10-32(29-21)23-6-2-3-12-37-23/h9-10,13,17-19,23H,2-8,11-12,14-16H2,1H3. The van der Waals surface area contributed by atoms with Crippen molar-refractivity contribution in [2.24, 2.45) is 0 Å². The quantitative estimate of drug-likeness (QED) is 0.398. The van der Waals surface area contributed by atoms with E-state index in [1.165, 1.54) is 0 Å². The van der Waals surface area contributed by atoms with E-state index in [2.05, 4.69) is 45.5 Å². The summed E-state index contributed by atoms with van der Waals surface area (Å²) in [6, 6.07) is 5.37. The van der Waals surface area contributed by atoms with Crippen LogP contribution in [0, 0.1) is 3.70 Å². The highest BCUT2D eigenvalue weighted by Gasteiger charge is 2.39. The van der Waals surface area contributed by atoms with E-state index in [1.54, 1.807) is 0 Å². The number of anilines is 2. The van der Waals surface area contributed by atoms with Crippen molar-refractivity contribution in [2.75, 3.05) is 49.9 Å². The number of aromatic nitrogens is 5. The van der Waals surface area contributed by atoms with E-state index in [0.717, 1.165) is 110 Å². The number of pyridine rings is 1. The Morgan fingerprint density at radius 3 is 2.57 bits per heavy atom. The summed E-state index contributed by atoms with van der Waals surface area (Å²) in [4.78, 5) is 10.2. The van der Waals surface area contributed by atoms with Gasteiger partial charge in [-0.05, 0) is 67.5 Å². The second-order valence-electron chi connectivity index (χ2n) is 10.7. The topological polar surface area (TPSA) is 82.7 Å². The summed E-state index contributed by atoms with van der Waals surface area (Å²) in [5, 5.41) is 10.9. The Kier molecular flexibility index (Phi) is 6.50. The molecule has 10 nitrogen and oxygen atoms in total. The molecular weight excluding hydrogens is 585 g/mol. The van der Waals surface area contributed by atoms with E-state index in [9.17, 15) is 0 Å². The first-order chi connectivity index (χ1) is 18.2. The lowest BCUT2D eigenvalue weighted by Crippen LogP contribution is -2.46. The Labute approximate surface area is 230 Å². The minimum Gasteiger partial charge on any atom is -0.379 e. The third kappa shape index (κ3) is 4.31. The van der Waals surface area contributed by atoms with Crippen LogP contribution >= 0.6 is 22.6 Å². The number of fused-ring (bicyclic) bond motifs is 3.